The van der Waals surface area contributed by atoms with Crippen LogP contribution in [0.3, 0.4) is 0 Å². The Morgan fingerprint density at radius 3 is 0.687 bits per heavy atom. The van der Waals surface area contributed by atoms with Crippen molar-refractivity contribution in [3.05, 3.63) is 0 Å². The van der Waals surface area contributed by atoms with Crippen LogP contribution in [0.1, 0.15) is 420 Å². The monoisotopic (exact) mass is 1450 g/mol. The molecule has 0 spiro atoms. The Morgan fingerprint density at radius 2 is 0.465 bits per heavy atom. The van der Waals surface area contributed by atoms with Crippen molar-refractivity contribution in [2.75, 3.05) is 39.6 Å². The maximum atomic E-state index is 13.1. The fourth-order valence-electron chi connectivity index (χ4n) is 12.4. The van der Waals surface area contributed by atoms with Crippen LogP contribution in [0.15, 0.2) is 0 Å². The second-order valence-electron chi connectivity index (χ2n) is 29.8. The molecule has 0 fully saturated rings. The van der Waals surface area contributed by atoms with Gasteiger partial charge in [0.1, 0.15) is 19.3 Å². The van der Waals surface area contributed by atoms with Gasteiger partial charge in [0.05, 0.1) is 26.4 Å². The summed E-state index contributed by atoms with van der Waals surface area (Å²) in [6, 6.07) is 0. The Labute approximate surface area is 607 Å². The van der Waals surface area contributed by atoms with Crippen molar-refractivity contribution in [3.63, 3.8) is 0 Å². The first-order valence-electron chi connectivity index (χ1n) is 41.5. The van der Waals surface area contributed by atoms with Crippen LogP contribution in [0.2, 0.25) is 0 Å². The molecule has 0 bridgehead atoms. The van der Waals surface area contributed by atoms with Crippen LogP contribution in [0.25, 0.3) is 0 Å². The molecule has 588 valence electrons. The lowest BCUT2D eigenvalue weighted by atomic mass is 10.0. The van der Waals surface area contributed by atoms with Crippen LogP contribution in [0.5, 0.6) is 0 Å². The SMILES string of the molecule is CCCCCCCCCCCCCCCCCC(=O)OC[C@H](COP(=O)(O)OC[C@@H](O)COP(=O)(O)OC[C@@H](COC(=O)CCCCCCCCCCCCCCC)OC(=O)CCCCCCCCCCCCC(C)C)OC(=O)CCCCCCCCCCCCCCCCCC(C)C. The molecule has 3 N–H and O–H groups in total. The van der Waals surface area contributed by atoms with E-state index in [4.69, 9.17) is 37.0 Å². The second-order valence-corrected chi connectivity index (χ2v) is 32.7. The number of rotatable bonds is 79. The largest absolute Gasteiger partial charge is 0.472 e. The molecule has 19 heteroatoms. The van der Waals surface area contributed by atoms with Crippen molar-refractivity contribution in [1.29, 1.82) is 0 Å². The van der Waals surface area contributed by atoms with Gasteiger partial charge >= 0.3 is 39.5 Å². The lowest BCUT2D eigenvalue weighted by Gasteiger charge is -2.21. The lowest BCUT2D eigenvalue weighted by Crippen LogP contribution is -2.30. The number of phosphoric acid groups is 2. The molecule has 0 saturated heterocycles. The average molecular weight is 1450 g/mol. The molecule has 2 unspecified atom stereocenters. The summed E-state index contributed by atoms with van der Waals surface area (Å²) in [6.45, 7) is 9.65. The zero-order chi connectivity index (χ0) is 72.8. The van der Waals surface area contributed by atoms with Crippen LogP contribution in [0, 0.1) is 11.8 Å². The third-order valence-corrected chi connectivity index (χ3v) is 20.6. The van der Waals surface area contributed by atoms with Gasteiger partial charge in [-0.1, -0.05) is 369 Å². The van der Waals surface area contributed by atoms with Crippen LogP contribution in [0.4, 0.5) is 0 Å². The maximum absolute atomic E-state index is 13.1. The van der Waals surface area contributed by atoms with Crippen molar-refractivity contribution in [1.82, 2.24) is 0 Å². The standard InChI is InChI=1S/C80H156O17P2/c1-7-9-11-13-15-17-19-21-23-28-32-39-45-51-57-63-78(83)91-68-75(96-79(84)64-58-52-46-40-33-29-25-22-24-27-30-36-42-48-54-60-72(3)4)70-94-98(86,87)92-66-74(81)67-93-99(88,89)95-71-76(97-80(85)65-59-53-47-41-35-34-37-43-49-55-61-73(5)6)69-90-77(82)62-56-50-44-38-31-26-20-18-16-14-12-10-8-2/h72-76,81H,7-71H2,1-6H3,(H,86,87)(H,88,89)/t74-,75-,76-/m1/s1. The number of unbranched alkanes of at least 4 members (excludes halogenated alkanes) is 49. The number of hydrogen-bond donors (Lipinski definition) is 3. The highest BCUT2D eigenvalue weighted by atomic mass is 31.2. The van der Waals surface area contributed by atoms with E-state index in [1.54, 1.807) is 0 Å². The predicted octanol–water partition coefficient (Wildman–Crippen LogP) is 23.9. The van der Waals surface area contributed by atoms with E-state index in [9.17, 15) is 43.2 Å². The van der Waals surface area contributed by atoms with Gasteiger partial charge in [0.2, 0.25) is 0 Å². The minimum Gasteiger partial charge on any atom is -0.462 e. The number of aliphatic hydroxyl groups is 1. The number of aliphatic hydroxyl groups excluding tert-OH is 1. The Bertz CT molecular complexity index is 1910. The maximum Gasteiger partial charge on any atom is 0.472 e. The smallest absolute Gasteiger partial charge is 0.462 e. The molecule has 0 aromatic carbocycles. The van der Waals surface area contributed by atoms with Gasteiger partial charge in [-0.3, -0.25) is 37.3 Å². The summed E-state index contributed by atoms with van der Waals surface area (Å²) in [6.07, 6.45) is 60.9. The molecule has 99 heavy (non-hydrogen) atoms. The molecule has 0 rings (SSSR count). The summed E-state index contributed by atoms with van der Waals surface area (Å²) in [5.41, 5.74) is 0. The molecule has 17 nitrogen and oxygen atoms in total. The van der Waals surface area contributed by atoms with Gasteiger partial charge in [0, 0.05) is 25.7 Å². The summed E-state index contributed by atoms with van der Waals surface area (Å²) < 4.78 is 68.7. The van der Waals surface area contributed by atoms with Crippen LogP contribution >= 0.6 is 15.6 Å². The molecule has 0 heterocycles. The van der Waals surface area contributed by atoms with E-state index in [0.29, 0.717) is 25.7 Å². The topological polar surface area (TPSA) is 237 Å². The van der Waals surface area contributed by atoms with Gasteiger partial charge in [-0.15, -0.1) is 0 Å². The third kappa shape index (κ3) is 74.1. The normalized spacial score (nSPS) is 13.9. The van der Waals surface area contributed by atoms with Crippen LogP contribution in [-0.4, -0.2) is 96.7 Å². The number of carbonyl (C=O) groups is 4. The molecule has 5 atom stereocenters. The molecular formula is C80H156O17P2. The quantitative estimate of drug-likeness (QED) is 0.0222. The first-order valence-corrected chi connectivity index (χ1v) is 44.5. The number of phosphoric ester groups is 2. The molecule has 0 aromatic rings. The Kier molecular flexibility index (Phi) is 70.3. The van der Waals surface area contributed by atoms with Gasteiger partial charge in [-0.25, -0.2) is 9.13 Å². The van der Waals surface area contributed by atoms with Crippen LogP contribution < -0.4 is 0 Å². The highest BCUT2D eigenvalue weighted by Gasteiger charge is 2.30. The van der Waals surface area contributed by atoms with E-state index in [-0.39, 0.29) is 25.7 Å². The molecule has 0 aliphatic rings. The summed E-state index contributed by atoms with van der Waals surface area (Å²) >= 11 is 0. The highest BCUT2D eigenvalue weighted by Crippen LogP contribution is 2.45. The summed E-state index contributed by atoms with van der Waals surface area (Å²) in [7, 11) is -9.92. The molecule has 0 aliphatic heterocycles. The summed E-state index contributed by atoms with van der Waals surface area (Å²) in [4.78, 5) is 73.0. The van der Waals surface area contributed by atoms with Gasteiger partial charge < -0.3 is 33.8 Å². The van der Waals surface area contributed by atoms with Gasteiger partial charge in [0.15, 0.2) is 12.2 Å². The second kappa shape index (κ2) is 71.7. The molecule has 0 saturated carbocycles. The van der Waals surface area contributed by atoms with Crippen molar-refractivity contribution in [2.45, 2.75) is 439 Å². The Hall–Kier alpha value is -1.94. The van der Waals surface area contributed by atoms with Gasteiger partial charge in [-0.2, -0.15) is 0 Å². The summed E-state index contributed by atoms with van der Waals surface area (Å²) in [5.74, 6) is -0.553. The van der Waals surface area contributed by atoms with E-state index < -0.39 is 97.5 Å². The minimum atomic E-state index is -4.96. The number of carbonyl (C=O) groups excluding carboxylic acids is 4. The molecular weight excluding hydrogens is 1290 g/mol. The van der Waals surface area contributed by atoms with E-state index in [2.05, 4.69) is 41.5 Å². The van der Waals surface area contributed by atoms with Crippen molar-refractivity contribution < 1.29 is 80.2 Å². The predicted molar refractivity (Wildman–Crippen MR) is 405 cm³/mol. The third-order valence-electron chi connectivity index (χ3n) is 18.7. The Morgan fingerprint density at radius 1 is 0.273 bits per heavy atom. The van der Waals surface area contributed by atoms with E-state index in [1.165, 1.54) is 238 Å². The molecule has 0 amide bonds. The fraction of sp³-hybridized carbons (Fsp3) is 0.950. The van der Waals surface area contributed by atoms with E-state index in [1.807, 2.05) is 0 Å². The van der Waals surface area contributed by atoms with Crippen molar-refractivity contribution in [2.24, 2.45) is 11.8 Å². The highest BCUT2D eigenvalue weighted by molar-refractivity contribution is 7.47. The molecule has 0 radical (unpaired) electrons. The zero-order valence-electron chi connectivity index (χ0n) is 64.8. The van der Waals surface area contributed by atoms with E-state index >= 15 is 0 Å². The molecule has 0 aliphatic carbocycles. The summed E-state index contributed by atoms with van der Waals surface area (Å²) in [5, 5.41) is 10.6. The first-order chi connectivity index (χ1) is 47.9. The fourth-order valence-corrected chi connectivity index (χ4v) is 13.9. The van der Waals surface area contributed by atoms with Crippen molar-refractivity contribution >= 4 is 39.5 Å². The van der Waals surface area contributed by atoms with E-state index in [0.717, 1.165) is 102 Å². The Balaban J connectivity index is 5.26. The number of esters is 4. The zero-order valence-corrected chi connectivity index (χ0v) is 66.6. The minimum absolute atomic E-state index is 0.107. The first kappa shape index (κ1) is 97.1. The van der Waals surface area contributed by atoms with Gasteiger partial charge in [0.25, 0.3) is 0 Å². The number of ether oxygens (including phenoxy) is 4. The average Bonchev–Trinajstić information content (AvgIpc) is 0.973. The number of hydrogen-bond acceptors (Lipinski definition) is 15. The molecule has 0 aromatic heterocycles. The lowest BCUT2D eigenvalue weighted by molar-refractivity contribution is -0.161. The van der Waals surface area contributed by atoms with Gasteiger partial charge in [-0.05, 0) is 37.5 Å². The van der Waals surface area contributed by atoms with Crippen LogP contribution in [-0.2, 0) is 65.4 Å². The van der Waals surface area contributed by atoms with Crippen molar-refractivity contribution in [3.8, 4) is 0 Å².